The SMILES string of the molecule is Cc1c(N2CCC(O)(c3ccc(Cl)cc3)CC2)c([N+](=O)[O-])cc2c(=O)c(C(=O)O)cn(-c3ccc(F)cc3F)c12. The minimum Gasteiger partial charge on any atom is -0.477 e. The van der Waals surface area contributed by atoms with Gasteiger partial charge in [0.15, 0.2) is 0 Å². The fourth-order valence-corrected chi connectivity index (χ4v) is 5.49. The van der Waals surface area contributed by atoms with Crippen LogP contribution >= 0.6 is 11.6 Å². The summed E-state index contributed by atoms with van der Waals surface area (Å²) in [6, 6.07) is 10.4. The van der Waals surface area contributed by atoms with Gasteiger partial charge in [0.25, 0.3) is 5.69 Å². The van der Waals surface area contributed by atoms with Crippen molar-refractivity contribution in [2.24, 2.45) is 0 Å². The smallest absolute Gasteiger partial charge is 0.341 e. The molecule has 0 atom stereocenters. The summed E-state index contributed by atoms with van der Waals surface area (Å²) in [4.78, 5) is 38.3. The van der Waals surface area contributed by atoms with E-state index >= 15 is 0 Å². The maximum absolute atomic E-state index is 14.9. The van der Waals surface area contributed by atoms with Crippen LogP contribution in [0.4, 0.5) is 20.2 Å². The zero-order valence-electron chi connectivity index (χ0n) is 21.0. The number of anilines is 1. The number of carbonyl (C=O) groups is 1. The van der Waals surface area contributed by atoms with Crippen LogP contribution in [0.5, 0.6) is 0 Å². The number of carboxylic acids is 1. The summed E-state index contributed by atoms with van der Waals surface area (Å²) in [5.74, 6) is -3.49. The van der Waals surface area contributed by atoms with E-state index in [0.717, 1.165) is 29.0 Å². The number of rotatable bonds is 5. The van der Waals surface area contributed by atoms with Crippen LogP contribution in [0.25, 0.3) is 16.6 Å². The second kappa shape index (κ2) is 10.00. The number of nitro benzene ring substituents is 1. The minimum absolute atomic E-state index is 0.0413. The van der Waals surface area contributed by atoms with Gasteiger partial charge in [0, 0.05) is 42.0 Å². The molecule has 1 aliphatic rings. The van der Waals surface area contributed by atoms with Crippen molar-refractivity contribution < 1.29 is 28.7 Å². The third kappa shape index (κ3) is 4.56. The fraction of sp³-hybridized carbons (Fsp3) is 0.214. The molecule has 1 aliphatic heterocycles. The zero-order chi connectivity index (χ0) is 28.9. The van der Waals surface area contributed by atoms with Crippen LogP contribution in [0.3, 0.4) is 0 Å². The van der Waals surface area contributed by atoms with Crippen molar-refractivity contribution in [2.45, 2.75) is 25.4 Å². The molecule has 206 valence electrons. The van der Waals surface area contributed by atoms with E-state index < -0.39 is 44.8 Å². The van der Waals surface area contributed by atoms with Gasteiger partial charge in [-0.1, -0.05) is 23.7 Å². The van der Waals surface area contributed by atoms with Gasteiger partial charge in [0.2, 0.25) is 5.43 Å². The normalized spacial score (nSPS) is 14.9. The second-order valence-corrected chi connectivity index (χ2v) is 10.1. The number of aliphatic hydroxyl groups is 1. The molecule has 9 nitrogen and oxygen atoms in total. The van der Waals surface area contributed by atoms with E-state index in [0.29, 0.717) is 16.7 Å². The third-order valence-corrected chi connectivity index (χ3v) is 7.61. The van der Waals surface area contributed by atoms with Gasteiger partial charge in [-0.2, -0.15) is 0 Å². The summed E-state index contributed by atoms with van der Waals surface area (Å²) in [6.07, 6.45) is 1.38. The van der Waals surface area contributed by atoms with Gasteiger partial charge in [-0.15, -0.1) is 0 Å². The van der Waals surface area contributed by atoms with Crippen molar-refractivity contribution in [3.8, 4) is 5.69 Å². The number of aromatic nitrogens is 1. The molecule has 0 spiro atoms. The zero-order valence-corrected chi connectivity index (χ0v) is 21.8. The summed E-state index contributed by atoms with van der Waals surface area (Å²) >= 11 is 5.97. The molecule has 0 radical (unpaired) electrons. The van der Waals surface area contributed by atoms with E-state index in [1.54, 1.807) is 29.2 Å². The Morgan fingerprint density at radius 3 is 2.33 bits per heavy atom. The highest BCUT2D eigenvalue weighted by Gasteiger charge is 2.37. The molecule has 1 aromatic heterocycles. The van der Waals surface area contributed by atoms with Crippen molar-refractivity contribution in [2.75, 3.05) is 18.0 Å². The first-order valence-corrected chi connectivity index (χ1v) is 12.6. The number of fused-ring (bicyclic) bond motifs is 1. The number of nitro groups is 1. The average molecular weight is 570 g/mol. The predicted octanol–water partition coefficient (Wildman–Crippen LogP) is 5.33. The molecular weight excluding hydrogens is 548 g/mol. The van der Waals surface area contributed by atoms with Crippen LogP contribution in [0, 0.1) is 28.7 Å². The Morgan fingerprint density at radius 1 is 1.10 bits per heavy atom. The van der Waals surface area contributed by atoms with Crippen molar-refractivity contribution in [3.63, 3.8) is 0 Å². The maximum atomic E-state index is 14.9. The Kier molecular flexibility index (Phi) is 6.80. The van der Waals surface area contributed by atoms with Gasteiger partial charge in [-0.05, 0) is 49.6 Å². The lowest BCUT2D eigenvalue weighted by Gasteiger charge is -2.40. The summed E-state index contributed by atoms with van der Waals surface area (Å²) < 4.78 is 29.7. The van der Waals surface area contributed by atoms with E-state index in [1.165, 1.54) is 6.92 Å². The van der Waals surface area contributed by atoms with E-state index in [4.69, 9.17) is 11.6 Å². The Bertz CT molecular complexity index is 1750. The van der Waals surface area contributed by atoms with Crippen molar-refractivity contribution in [1.82, 2.24) is 4.57 Å². The lowest BCUT2D eigenvalue weighted by molar-refractivity contribution is -0.384. The van der Waals surface area contributed by atoms with Gasteiger partial charge in [-0.25, -0.2) is 13.6 Å². The topological polar surface area (TPSA) is 126 Å². The first-order valence-electron chi connectivity index (χ1n) is 12.2. The number of nitrogens with zero attached hydrogens (tertiary/aromatic N) is 3. The number of halogens is 3. The predicted molar refractivity (Wildman–Crippen MR) is 145 cm³/mol. The van der Waals surface area contributed by atoms with Crippen LogP contribution in [-0.4, -0.2) is 38.8 Å². The molecule has 40 heavy (non-hydrogen) atoms. The number of piperidine rings is 1. The largest absolute Gasteiger partial charge is 0.477 e. The highest BCUT2D eigenvalue weighted by atomic mass is 35.5. The third-order valence-electron chi connectivity index (χ3n) is 7.36. The van der Waals surface area contributed by atoms with Crippen LogP contribution in [-0.2, 0) is 5.60 Å². The quantitative estimate of drug-likeness (QED) is 0.246. The molecular formula is C28H22ClF2N3O6. The van der Waals surface area contributed by atoms with E-state index in [1.807, 2.05) is 0 Å². The Labute approximate surface area is 230 Å². The lowest BCUT2D eigenvalue weighted by Crippen LogP contribution is -2.43. The Hall–Kier alpha value is -4.35. The molecule has 1 fully saturated rings. The number of aromatic carboxylic acids is 1. The molecule has 12 heteroatoms. The van der Waals surface area contributed by atoms with Crippen molar-refractivity contribution in [3.05, 3.63) is 108 Å². The van der Waals surface area contributed by atoms with E-state index in [9.17, 15) is 38.7 Å². The van der Waals surface area contributed by atoms with Crippen LogP contribution in [0.15, 0.2) is 59.5 Å². The van der Waals surface area contributed by atoms with E-state index in [2.05, 4.69) is 0 Å². The second-order valence-electron chi connectivity index (χ2n) is 9.69. The minimum atomic E-state index is -1.61. The van der Waals surface area contributed by atoms with Crippen LogP contribution < -0.4 is 10.3 Å². The Morgan fingerprint density at radius 2 is 1.75 bits per heavy atom. The molecule has 2 N–H and O–H groups in total. The van der Waals surface area contributed by atoms with Gasteiger partial charge >= 0.3 is 5.97 Å². The first-order chi connectivity index (χ1) is 18.9. The highest BCUT2D eigenvalue weighted by molar-refractivity contribution is 6.30. The fourth-order valence-electron chi connectivity index (χ4n) is 5.37. The summed E-state index contributed by atoms with van der Waals surface area (Å²) in [5, 5.41) is 33.4. The number of hydrogen-bond donors (Lipinski definition) is 2. The van der Waals surface area contributed by atoms with Crippen LogP contribution in [0.2, 0.25) is 5.02 Å². The Balaban J connectivity index is 1.71. The highest BCUT2D eigenvalue weighted by Crippen LogP contribution is 2.42. The molecule has 1 saturated heterocycles. The van der Waals surface area contributed by atoms with Crippen molar-refractivity contribution in [1.29, 1.82) is 0 Å². The van der Waals surface area contributed by atoms with Gasteiger partial charge < -0.3 is 19.7 Å². The molecule has 3 aromatic carbocycles. The number of aryl methyl sites for hydroxylation is 1. The molecule has 2 heterocycles. The van der Waals surface area contributed by atoms with Crippen molar-refractivity contribution >= 4 is 39.8 Å². The summed E-state index contributed by atoms with van der Waals surface area (Å²) in [5.41, 5.74) is -2.52. The van der Waals surface area contributed by atoms with Gasteiger partial charge in [0.05, 0.1) is 27.1 Å². The van der Waals surface area contributed by atoms with E-state index in [-0.39, 0.29) is 53.8 Å². The molecule has 0 bridgehead atoms. The number of hydrogen-bond acceptors (Lipinski definition) is 6. The molecule has 0 saturated carbocycles. The molecule has 0 amide bonds. The summed E-state index contributed by atoms with van der Waals surface area (Å²) in [6.45, 7) is 1.92. The average Bonchev–Trinajstić information content (AvgIpc) is 2.90. The molecule has 4 aromatic rings. The number of carboxylic acid groups (broad SMARTS) is 1. The van der Waals surface area contributed by atoms with Gasteiger partial charge in [0.1, 0.15) is 22.9 Å². The monoisotopic (exact) mass is 569 g/mol. The molecule has 0 aliphatic carbocycles. The van der Waals surface area contributed by atoms with Gasteiger partial charge in [-0.3, -0.25) is 14.9 Å². The maximum Gasteiger partial charge on any atom is 0.341 e. The molecule has 5 rings (SSSR count). The number of benzene rings is 3. The van der Waals surface area contributed by atoms with Crippen LogP contribution in [0.1, 0.15) is 34.3 Å². The number of pyridine rings is 1. The summed E-state index contributed by atoms with van der Waals surface area (Å²) in [7, 11) is 0. The first kappa shape index (κ1) is 27.2. The standard InChI is InChI=1S/C28H22ClF2N3O6/c1-15-24-19(26(35)20(27(36)37)14-33(24)22-7-6-18(30)12-21(22)31)13-23(34(39)40)25(15)32-10-8-28(38,9-11-32)16-2-4-17(29)5-3-16/h2-7,12-14,38H,8-11H2,1H3,(H,36,37). The molecule has 0 unspecified atom stereocenters. The lowest BCUT2D eigenvalue weighted by atomic mass is 9.84.